The normalized spacial score (nSPS) is 12.1. The SMILES string of the molecule is CCOc1ccccc1OCCNC(CC)c1nccs1. The van der Waals surface area contributed by atoms with Crippen molar-refractivity contribution in [1.29, 1.82) is 0 Å². The minimum absolute atomic E-state index is 0.302. The Labute approximate surface area is 130 Å². The number of hydrogen-bond donors (Lipinski definition) is 1. The molecule has 0 aliphatic rings. The predicted molar refractivity (Wildman–Crippen MR) is 86.3 cm³/mol. The van der Waals surface area contributed by atoms with Crippen molar-refractivity contribution >= 4 is 11.3 Å². The van der Waals surface area contributed by atoms with Crippen LogP contribution in [0.1, 0.15) is 31.3 Å². The molecule has 0 amide bonds. The minimum atomic E-state index is 0.302. The van der Waals surface area contributed by atoms with E-state index in [0.717, 1.165) is 29.5 Å². The number of para-hydroxylation sites is 2. The molecule has 0 bridgehead atoms. The van der Waals surface area contributed by atoms with E-state index in [0.29, 0.717) is 19.3 Å². The lowest BCUT2D eigenvalue weighted by molar-refractivity contribution is 0.271. The third kappa shape index (κ3) is 4.72. The van der Waals surface area contributed by atoms with Crippen LogP contribution in [0.5, 0.6) is 11.5 Å². The third-order valence-electron chi connectivity index (χ3n) is 3.06. The zero-order valence-corrected chi connectivity index (χ0v) is 13.4. The largest absolute Gasteiger partial charge is 0.490 e. The maximum absolute atomic E-state index is 5.80. The number of benzene rings is 1. The van der Waals surface area contributed by atoms with E-state index in [1.807, 2.05) is 42.8 Å². The standard InChI is InChI=1S/C16H22N2O2S/c1-3-13(16-18-10-12-21-16)17-9-11-20-15-8-6-5-7-14(15)19-4-2/h5-8,10,12-13,17H,3-4,9,11H2,1-2H3. The number of nitrogens with zero attached hydrogens (tertiary/aromatic N) is 1. The van der Waals surface area contributed by atoms with Gasteiger partial charge in [0.2, 0.25) is 0 Å². The molecule has 0 fully saturated rings. The molecule has 0 spiro atoms. The molecule has 1 aromatic carbocycles. The summed E-state index contributed by atoms with van der Waals surface area (Å²) in [5, 5.41) is 6.62. The van der Waals surface area contributed by atoms with Gasteiger partial charge in [0.15, 0.2) is 11.5 Å². The van der Waals surface area contributed by atoms with Crippen molar-refractivity contribution < 1.29 is 9.47 Å². The summed E-state index contributed by atoms with van der Waals surface area (Å²) in [5.41, 5.74) is 0. The van der Waals surface area contributed by atoms with E-state index in [1.54, 1.807) is 11.3 Å². The van der Waals surface area contributed by atoms with Crippen LogP contribution in [-0.4, -0.2) is 24.7 Å². The lowest BCUT2D eigenvalue weighted by atomic mass is 10.2. The molecule has 0 radical (unpaired) electrons. The average Bonchev–Trinajstić information content (AvgIpc) is 3.03. The van der Waals surface area contributed by atoms with E-state index < -0.39 is 0 Å². The fraction of sp³-hybridized carbons (Fsp3) is 0.438. The molecule has 2 rings (SSSR count). The first kappa shape index (κ1) is 15.8. The fourth-order valence-corrected chi connectivity index (χ4v) is 2.85. The molecule has 1 aromatic heterocycles. The summed E-state index contributed by atoms with van der Waals surface area (Å²) in [6.07, 6.45) is 2.86. The van der Waals surface area contributed by atoms with E-state index in [4.69, 9.17) is 9.47 Å². The summed E-state index contributed by atoms with van der Waals surface area (Å²) in [6, 6.07) is 8.07. The highest BCUT2D eigenvalue weighted by Crippen LogP contribution is 2.26. The minimum Gasteiger partial charge on any atom is -0.490 e. The molecule has 1 N–H and O–H groups in total. The van der Waals surface area contributed by atoms with Crippen LogP contribution in [0.4, 0.5) is 0 Å². The second-order valence-electron chi connectivity index (χ2n) is 4.51. The molecular weight excluding hydrogens is 284 g/mol. The Hall–Kier alpha value is -1.59. The zero-order chi connectivity index (χ0) is 14.9. The molecule has 5 heteroatoms. The number of hydrogen-bond acceptors (Lipinski definition) is 5. The van der Waals surface area contributed by atoms with E-state index in [9.17, 15) is 0 Å². The van der Waals surface area contributed by atoms with Crippen molar-refractivity contribution in [3.63, 3.8) is 0 Å². The van der Waals surface area contributed by atoms with Gasteiger partial charge in [-0.2, -0.15) is 0 Å². The maximum atomic E-state index is 5.80. The monoisotopic (exact) mass is 306 g/mol. The second-order valence-corrected chi connectivity index (χ2v) is 5.44. The molecule has 1 heterocycles. The van der Waals surface area contributed by atoms with E-state index in [1.165, 1.54) is 0 Å². The molecule has 21 heavy (non-hydrogen) atoms. The second kappa shape index (κ2) is 8.64. The van der Waals surface area contributed by atoms with Crippen LogP contribution >= 0.6 is 11.3 Å². The third-order valence-corrected chi connectivity index (χ3v) is 3.95. The smallest absolute Gasteiger partial charge is 0.161 e. The van der Waals surface area contributed by atoms with Crippen LogP contribution in [0.15, 0.2) is 35.8 Å². The van der Waals surface area contributed by atoms with Gasteiger partial charge in [0.1, 0.15) is 11.6 Å². The van der Waals surface area contributed by atoms with Gasteiger partial charge in [-0.3, -0.25) is 0 Å². The van der Waals surface area contributed by atoms with Gasteiger partial charge >= 0.3 is 0 Å². The van der Waals surface area contributed by atoms with Crippen LogP contribution < -0.4 is 14.8 Å². The fourth-order valence-electron chi connectivity index (χ4n) is 2.05. The van der Waals surface area contributed by atoms with Crippen molar-refractivity contribution in [2.75, 3.05) is 19.8 Å². The highest BCUT2D eigenvalue weighted by molar-refractivity contribution is 7.09. The predicted octanol–water partition coefficient (Wildman–Crippen LogP) is 3.66. The maximum Gasteiger partial charge on any atom is 0.161 e. The Bertz CT molecular complexity index is 517. The molecule has 0 aliphatic heterocycles. The summed E-state index contributed by atoms with van der Waals surface area (Å²) in [5.74, 6) is 1.59. The van der Waals surface area contributed by atoms with Crippen LogP contribution in [0.3, 0.4) is 0 Å². The van der Waals surface area contributed by atoms with Gasteiger partial charge < -0.3 is 14.8 Å². The zero-order valence-electron chi connectivity index (χ0n) is 12.5. The Kier molecular flexibility index (Phi) is 6.50. The van der Waals surface area contributed by atoms with E-state index in [2.05, 4.69) is 17.2 Å². The van der Waals surface area contributed by atoms with Crippen LogP contribution in [0.2, 0.25) is 0 Å². The first-order chi connectivity index (χ1) is 10.3. The highest BCUT2D eigenvalue weighted by atomic mass is 32.1. The van der Waals surface area contributed by atoms with Gasteiger partial charge in [0, 0.05) is 18.1 Å². The molecule has 2 aromatic rings. The quantitative estimate of drug-likeness (QED) is 0.718. The lowest BCUT2D eigenvalue weighted by Crippen LogP contribution is -2.25. The Morgan fingerprint density at radius 3 is 2.57 bits per heavy atom. The summed E-state index contributed by atoms with van der Waals surface area (Å²) in [7, 11) is 0. The van der Waals surface area contributed by atoms with Crippen LogP contribution in [0, 0.1) is 0 Å². The van der Waals surface area contributed by atoms with Gasteiger partial charge in [-0.1, -0.05) is 19.1 Å². The molecule has 114 valence electrons. The van der Waals surface area contributed by atoms with Gasteiger partial charge in [0.25, 0.3) is 0 Å². The summed E-state index contributed by atoms with van der Waals surface area (Å²) in [4.78, 5) is 4.36. The topological polar surface area (TPSA) is 43.4 Å². The first-order valence-electron chi connectivity index (χ1n) is 7.32. The molecular formula is C16H22N2O2S. The van der Waals surface area contributed by atoms with Crippen molar-refractivity contribution in [1.82, 2.24) is 10.3 Å². The van der Waals surface area contributed by atoms with E-state index in [-0.39, 0.29) is 0 Å². The number of ether oxygens (including phenoxy) is 2. The summed E-state index contributed by atoms with van der Waals surface area (Å²) < 4.78 is 11.3. The number of aromatic nitrogens is 1. The van der Waals surface area contributed by atoms with Crippen molar-refractivity contribution in [3.05, 3.63) is 40.8 Å². The van der Waals surface area contributed by atoms with Crippen LogP contribution in [0.25, 0.3) is 0 Å². The molecule has 1 atom stereocenters. The molecule has 0 saturated heterocycles. The van der Waals surface area contributed by atoms with E-state index >= 15 is 0 Å². The number of thiazole rings is 1. The Balaban J connectivity index is 1.79. The van der Waals surface area contributed by atoms with Crippen molar-refractivity contribution in [3.8, 4) is 11.5 Å². The van der Waals surface area contributed by atoms with Gasteiger partial charge in [0.05, 0.1) is 12.6 Å². The van der Waals surface area contributed by atoms with Gasteiger partial charge in [-0.25, -0.2) is 4.98 Å². The van der Waals surface area contributed by atoms with Crippen LogP contribution in [-0.2, 0) is 0 Å². The Morgan fingerprint density at radius 2 is 1.95 bits per heavy atom. The van der Waals surface area contributed by atoms with Gasteiger partial charge in [-0.05, 0) is 25.5 Å². The lowest BCUT2D eigenvalue weighted by Gasteiger charge is -2.15. The number of rotatable bonds is 9. The summed E-state index contributed by atoms with van der Waals surface area (Å²) in [6.45, 7) is 6.15. The molecule has 4 nitrogen and oxygen atoms in total. The van der Waals surface area contributed by atoms with Crippen molar-refractivity contribution in [2.24, 2.45) is 0 Å². The Morgan fingerprint density at radius 1 is 1.19 bits per heavy atom. The first-order valence-corrected chi connectivity index (χ1v) is 8.20. The van der Waals surface area contributed by atoms with Crippen molar-refractivity contribution in [2.45, 2.75) is 26.3 Å². The van der Waals surface area contributed by atoms with Gasteiger partial charge in [-0.15, -0.1) is 11.3 Å². The summed E-state index contributed by atoms with van der Waals surface area (Å²) >= 11 is 1.68. The highest BCUT2D eigenvalue weighted by Gasteiger charge is 2.11. The number of nitrogens with one attached hydrogen (secondary N) is 1. The average molecular weight is 306 g/mol. The molecule has 0 aliphatic carbocycles. The molecule has 1 unspecified atom stereocenters. The molecule has 0 saturated carbocycles.